The van der Waals surface area contributed by atoms with E-state index >= 15 is 0 Å². The van der Waals surface area contributed by atoms with Crippen LogP contribution in [0.2, 0.25) is 0 Å². The van der Waals surface area contributed by atoms with E-state index in [9.17, 15) is 13.2 Å². The van der Waals surface area contributed by atoms with Crippen LogP contribution in [-0.2, 0) is 6.54 Å². The molecule has 1 aliphatic rings. The highest BCUT2D eigenvalue weighted by Gasteiger charge is 2.30. The zero-order chi connectivity index (χ0) is 13.9. The number of hydrogen-bond acceptors (Lipinski definition) is 3. The van der Waals surface area contributed by atoms with Crippen LogP contribution in [0.25, 0.3) is 0 Å². The zero-order valence-corrected chi connectivity index (χ0v) is 10.5. The Bertz CT molecular complexity index is 405. The number of halogens is 3. The summed E-state index contributed by atoms with van der Waals surface area (Å²) in [7, 11) is 0. The Hall–Kier alpha value is -1.27. The average molecular weight is 274 g/mol. The standard InChI is InChI=1S/C13H17F3N2O/c14-13(15,16)19-12-5-3-10(4-6-12)8-18-7-1-2-11(17)9-18/h3-6,11H,1-2,7-9,17H2. The zero-order valence-electron chi connectivity index (χ0n) is 10.5. The van der Waals surface area contributed by atoms with Gasteiger partial charge in [-0.05, 0) is 37.1 Å². The maximum Gasteiger partial charge on any atom is 0.573 e. The summed E-state index contributed by atoms with van der Waals surface area (Å²) in [5.74, 6) is -0.188. The Balaban J connectivity index is 1.91. The molecule has 1 saturated heterocycles. The normalized spacial score (nSPS) is 21.4. The van der Waals surface area contributed by atoms with Crippen molar-refractivity contribution in [2.24, 2.45) is 5.73 Å². The molecule has 1 aromatic carbocycles. The monoisotopic (exact) mass is 274 g/mol. The number of rotatable bonds is 3. The number of likely N-dealkylation sites (tertiary alicyclic amines) is 1. The summed E-state index contributed by atoms with van der Waals surface area (Å²) in [5.41, 5.74) is 6.85. The average Bonchev–Trinajstić information content (AvgIpc) is 2.30. The van der Waals surface area contributed by atoms with E-state index in [-0.39, 0.29) is 11.8 Å². The maximum atomic E-state index is 12.0. The molecule has 0 saturated carbocycles. The molecule has 0 bridgehead atoms. The number of alkyl halides is 3. The summed E-state index contributed by atoms with van der Waals surface area (Å²) in [6.07, 6.45) is -2.54. The fourth-order valence-electron chi connectivity index (χ4n) is 2.29. The molecule has 0 aromatic heterocycles. The van der Waals surface area contributed by atoms with Crippen molar-refractivity contribution in [1.29, 1.82) is 0 Å². The first-order valence-electron chi connectivity index (χ1n) is 6.25. The Labute approximate surface area is 110 Å². The summed E-state index contributed by atoms with van der Waals surface area (Å²) < 4.78 is 39.9. The summed E-state index contributed by atoms with van der Waals surface area (Å²) in [5, 5.41) is 0. The predicted molar refractivity (Wildman–Crippen MR) is 65.6 cm³/mol. The van der Waals surface area contributed by atoms with Gasteiger partial charge in [-0.25, -0.2) is 0 Å². The molecule has 3 nitrogen and oxygen atoms in total. The first-order chi connectivity index (χ1) is 8.92. The quantitative estimate of drug-likeness (QED) is 0.920. The van der Waals surface area contributed by atoms with Crippen LogP contribution in [0.1, 0.15) is 18.4 Å². The van der Waals surface area contributed by atoms with Gasteiger partial charge >= 0.3 is 6.36 Å². The molecular formula is C13H17F3N2O. The van der Waals surface area contributed by atoms with Crippen LogP contribution in [0.5, 0.6) is 5.75 Å². The Morgan fingerprint density at radius 1 is 1.26 bits per heavy atom. The molecular weight excluding hydrogens is 257 g/mol. The highest BCUT2D eigenvalue weighted by molar-refractivity contribution is 5.27. The van der Waals surface area contributed by atoms with Crippen LogP contribution in [0.15, 0.2) is 24.3 Å². The van der Waals surface area contributed by atoms with Gasteiger partial charge in [0.25, 0.3) is 0 Å². The Morgan fingerprint density at radius 2 is 1.95 bits per heavy atom. The van der Waals surface area contributed by atoms with Gasteiger partial charge in [-0.15, -0.1) is 13.2 Å². The molecule has 0 radical (unpaired) electrons. The van der Waals surface area contributed by atoms with Gasteiger partial charge < -0.3 is 10.5 Å². The number of piperidine rings is 1. The third-order valence-corrected chi connectivity index (χ3v) is 3.11. The van der Waals surface area contributed by atoms with Gasteiger partial charge in [-0.1, -0.05) is 12.1 Å². The van der Waals surface area contributed by atoms with Crippen LogP contribution >= 0.6 is 0 Å². The van der Waals surface area contributed by atoms with Crippen molar-refractivity contribution in [3.63, 3.8) is 0 Å². The van der Waals surface area contributed by atoms with E-state index in [4.69, 9.17) is 5.73 Å². The minimum absolute atomic E-state index is 0.188. The van der Waals surface area contributed by atoms with Crippen LogP contribution in [0.3, 0.4) is 0 Å². The summed E-state index contributed by atoms with van der Waals surface area (Å²) >= 11 is 0. The van der Waals surface area contributed by atoms with E-state index in [1.807, 2.05) is 0 Å². The molecule has 6 heteroatoms. The fraction of sp³-hybridized carbons (Fsp3) is 0.538. The number of benzene rings is 1. The van der Waals surface area contributed by atoms with Crippen molar-refractivity contribution >= 4 is 0 Å². The first-order valence-corrected chi connectivity index (χ1v) is 6.25. The molecule has 2 N–H and O–H groups in total. The van der Waals surface area contributed by atoms with Crippen molar-refractivity contribution in [2.75, 3.05) is 13.1 Å². The molecule has 1 heterocycles. The number of hydrogen-bond donors (Lipinski definition) is 1. The van der Waals surface area contributed by atoms with Crippen LogP contribution in [0, 0.1) is 0 Å². The third-order valence-electron chi connectivity index (χ3n) is 3.11. The van der Waals surface area contributed by atoms with Gasteiger partial charge in [0.15, 0.2) is 0 Å². The van der Waals surface area contributed by atoms with E-state index in [0.717, 1.165) is 31.5 Å². The number of nitrogens with zero attached hydrogens (tertiary/aromatic N) is 1. The molecule has 2 rings (SSSR count). The largest absolute Gasteiger partial charge is 0.573 e. The lowest BCUT2D eigenvalue weighted by atomic mass is 10.1. The van der Waals surface area contributed by atoms with Crippen LogP contribution in [0.4, 0.5) is 13.2 Å². The topological polar surface area (TPSA) is 38.5 Å². The lowest BCUT2D eigenvalue weighted by Gasteiger charge is -2.30. The van der Waals surface area contributed by atoms with Gasteiger partial charge in [0.1, 0.15) is 5.75 Å². The lowest BCUT2D eigenvalue weighted by Crippen LogP contribution is -2.42. The second kappa shape index (κ2) is 5.79. The first kappa shape index (κ1) is 14.1. The fourth-order valence-corrected chi connectivity index (χ4v) is 2.29. The molecule has 1 unspecified atom stereocenters. The molecule has 0 spiro atoms. The molecule has 1 atom stereocenters. The SMILES string of the molecule is NC1CCCN(Cc2ccc(OC(F)(F)F)cc2)C1. The van der Waals surface area contributed by atoms with Crippen molar-refractivity contribution in [3.8, 4) is 5.75 Å². The van der Waals surface area contributed by atoms with E-state index in [1.54, 1.807) is 12.1 Å². The van der Waals surface area contributed by atoms with E-state index < -0.39 is 6.36 Å². The van der Waals surface area contributed by atoms with Crippen molar-refractivity contribution in [1.82, 2.24) is 4.90 Å². The van der Waals surface area contributed by atoms with Gasteiger partial charge in [0.2, 0.25) is 0 Å². The predicted octanol–water partition coefficient (Wildman–Crippen LogP) is 2.51. The van der Waals surface area contributed by atoms with Crippen molar-refractivity contribution in [2.45, 2.75) is 31.8 Å². The Kier molecular flexibility index (Phi) is 4.31. The maximum absolute atomic E-state index is 12.0. The minimum Gasteiger partial charge on any atom is -0.406 e. The van der Waals surface area contributed by atoms with Gasteiger partial charge in [0.05, 0.1) is 0 Å². The molecule has 1 aliphatic heterocycles. The van der Waals surface area contributed by atoms with E-state index in [1.165, 1.54) is 12.1 Å². The second-order valence-corrected chi connectivity index (χ2v) is 4.83. The lowest BCUT2D eigenvalue weighted by molar-refractivity contribution is -0.274. The molecule has 1 aromatic rings. The molecule has 1 fully saturated rings. The molecule has 0 aliphatic carbocycles. The highest BCUT2D eigenvalue weighted by Crippen LogP contribution is 2.23. The molecule has 0 amide bonds. The highest BCUT2D eigenvalue weighted by atomic mass is 19.4. The Morgan fingerprint density at radius 3 is 2.53 bits per heavy atom. The molecule has 19 heavy (non-hydrogen) atoms. The van der Waals surface area contributed by atoms with Crippen molar-refractivity contribution < 1.29 is 17.9 Å². The van der Waals surface area contributed by atoms with Gasteiger partial charge in [-0.3, -0.25) is 4.90 Å². The van der Waals surface area contributed by atoms with Gasteiger partial charge in [0, 0.05) is 19.1 Å². The summed E-state index contributed by atoms with van der Waals surface area (Å²) in [6.45, 7) is 2.52. The smallest absolute Gasteiger partial charge is 0.406 e. The summed E-state index contributed by atoms with van der Waals surface area (Å²) in [4.78, 5) is 2.22. The van der Waals surface area contributed by atoms with Crippen LogP contribution in [-0.4, -0.2) is 30.4 Å². The van der Waals surface area contributed by atoms with Crippen LogP contribution < -0.4 is 10.5 Å². The second-order valence-electron chi connectivity index (χ2n) is 4.83. The summed E-state index contributed by atoms with van der Waals surface area (Å²) in [6, 6.07) is 6.18. The van der Waals surface area contributed by atoms with E-state index in [0.29, 0.717) is 6.54 Å². The van der Waals surface area contributed by atoms with Gasteiger partial charge in [-0.2, -0.15) is 0 Å². The molecule has 106 valence electrons. The third kappa shape index (κ3) is 4.72. The minimum atomic E-state index is -4.64. The van der Waals surface area contributed by atoms with Crippen molar-refractivity contribution in [3.05, 3.63) is 29.8 Å². The number of ether oxygens (including phenoxy) is 1. The number of nitrogens with two attached hydrogens (primary N) is 1. The van der Waals surface area contributed by atoms with E-state index in [2.05, 4.69) is 9.64 Å².